The fourth-order valence-corrected chi connectivity index (χ4v) is 6.17. The van der Waals surface area contributed by atoms with Crippen LogP contribution in [-0.2, 0) is 20.2 Å². The van der Waals surface area contributed by atoms with E-state index in [9.17, 15) is 25.9 Å². The van der Waals surface area contributed by atoms with Crippen LogP contribution in [0.25, 0.3) is 21.5 Å². The Morgan fingerprint density at radius 1 is 0.574 bits per heavy atom. The van der Waals surface area contributed by atoms with Crippen LogP contribution in [0, 0.1) is 6.92 Å². The summed E-state index contributed by atoms with van der Waals surface area (Å²) < 4.78 is 67.2. The molecule has 0 aliphatic rings. The summed E-state index contributed by atoms with van der Waals surface area (Å²) in [6.07, 6.45) is 0. The van der Waals surface area contributed by atoms with Gasteiger partial charge < -0.3 is 5.32 Å². The van der Waals surface area contributed by atoms with Gasteiger partial charge in [-0.2, -0.15) is 21.9 Å². The fourth-order valence-electron chi connectivity index (χ4n) is 4.92. The molecule has 0 amide bonds. The van der Waals surface area contributed by atoms with E-state index >= 15 is 0 Å². The monoisotopic (exact) mass is 674 g/mol. The van der Waals surface area contributed by atoms with Gasteiger partial charge in [0.25, 0.3) is 20.2 Å². The number of anilines is 2. The Bertz CT molecular complexity index is 2420. The van der Waals surface area contributed by atoms with Gasteiger partial charge in [0.2, 0.25) is 0 Å². The minimum absolute atomic E-state index is 0. The van der Waals surface area contributed by atoms with Crippen molar-refractivity contribution in [3.05, 3.63) is 121 Å². The first kappa shape index (κ1) is 34.0. The van der Waals surface area contributed by atoms with Gasteiger partial charge in [-0.15, -0.1) is 15.3 Å². The number of benzene rings is 6. The summed E-state index contributed by atoms with van der Waals surface area (Å²) in [6, 6.07) is 31.7. The summed E-state index contributed by atoms with van der Waals surface area (Å²) in [6.45, 7) is 1.96. The van der Waals surface area contributed by atoms with Crippen LogP contribution in [0.5, 0.6) is 0 Å². The third-order valence-electron chi connectivity index (χ3n) is 7.12. The number of hydrogen-bond donors (Lipinski definition) is 3. The molecule has 0 bridgehead atoms. The molecular formula is C33H25N5NaO6S2+. The van der Waals surface area contributed by atoms with E-state index in [1.807, 2.05) is 55.5 Å². The van der Waals surface area contributed by atoms with E-state index in [0.29, 0.717) is 38.9 Å². The Kier molecular flexibility index (Phi) is 9.98. The minimum atomic E-state index is -4.58. The van der Waals surface area contributed by atoms with Crippen molar-refractivity contribution in [2.75, 3.05) is 5.32 Å². The van der Waals surface area contributed by atoms with Gasteiger partial charge in [0.15, 0.2) is 0 Å². The van der Waals surface area contributed by atoms with Crippen LogP contribution >= 0.6 is 0 Å². The van der Waals surface area contributed by atoms with Crippen LogP contribution < -0.4 is 34.9 Å². The molecule has 0 saturated heterocycles. The molecule has 6 rings (SSSR count). The van der Waals surface area contributed by atoms with E-state index < -0.39 is 20.2 Å². The quantitative estimate of drug-likeness (QED) is 0.0956. The summed E-state index contributed by atoms with van der Waals surface area (Å²) >= 11 is 0. The molecule has 47 heavy (non-hydrogen) atoms. The molecular weight excluding hydrogens is 650 g/mol. The molecule has 230 valence electrons. The summed E-state index contributed by atoms with van der Waals surface area (Å²) in [5.74, 6) is 0. The maximum absolute atomic E-state index is 12.4. The van der Waals surface area contributed by atoms with Crippen LogP contribution in [0.2, 0.25) is 0 Å². The maximum Gasteiger partial charge on any atom is 1.00 e. The van der Waals surface area contributed by atoms with Crippen molar-refractivity contribution >= 4 is 75.9 Å². The summed E-state index contributed by atoms with van der Waals surface area (Å²) in [4.78, 5) is -0.557. The Morgan fingerprint density at radius 3 is 1.74 bits per heavy atom. The van der Waals surface area contributed by atoms with Gasteiger partial charge >= 0.3 is 29.6 Å². The van der Waals surface area contributed by atoms with E-state index in [1.165, 1.54) is 30.3 Å². The Labute approximate surface area is 292 Å². The van der Waals surface area contributed by atoms with Gasteiger partial charge in [-0.05, 0) is 67.6 Å². The van der Waals surface area contributed by atoms with E-state index in [4.69, 9.17) is 0 Å². The first-order chi connectivity index (χ1) is 22.0. The predicted octanol–water partition coefficient (Wildman–Crippen LogP) is 6.37. The van der Waals surface area contributed by atoms with Gasteiger partial charge in [-0.3, -0.25) is 9.11 Å². The van der Waals surface area contributed by atoms with Gasteiger partial charge in [-0.1, -0.05) is 60.2 Å². The number of hydrogen-bond acceptors (Lipinski definition) is 9. The molecule has 0 unspecified atom stereocenters. The molecule has 0 aliphatic carbocycles. The largest absolute Gasteiger partial charge is 1.00 e. The topological polar surface area (TPSA) is 170 Å². The molecule has 0 heterocycles. The first-order valence-electron chi connectivity index (χ1n) is 13.8. The van der Waals surface area contributed by atoms with Gasteiger partial charge in [-0.25, -0.2) is 0 Å². The second-order valence-corrected chi connectivity index (χ2v) is 13.1. The minimum Gasteiger partial charge on any atom is -0.355 e. The third-order valence-corrected chi connectivity index (χ3v) is 8.87. The average molecular weight is 675 g/mol. The number of fused-ring (bicyclic) bond motifs is 2. The molecule has 6 aromatic carbocycles. The van der Waals surface area contributed by atoms with Crippen molar-refractivity contribution in [1.29, 1.82) is 0 Å². The number of aryl methyl sites for hydroxylation is 1. The van der Waals surface area contributed by atoms with E-state index in [0.717, 1.165) is 11.3 Å². The molecule has 14 heteroatoms. The third kappa shape index (κ3) is 7.63. The van der Waals surface area contributed by atoms with E-state index in [1.54, 1.807) is 36.4 Å². The summed E-state index contributed by atoms with van der Waals surface area (Å²) in [5, 5.41) is 22.8. The molecule has 0 radical (unpaired) electrons. The van der Waals surface area contributed by atoms with Crippen LogP contribution in [0.15, 0.2) is 146 Å². The van der Waals surface area contributed by atoms with Gasteiger partial charge in [0.1, 0.15) is 4.90 Å². The normalized spacial score (nSPS) is 12.1. The fraction of sp³-hybridized carbons (Fsp3) is 0.0303. The van der Waals surface area contributed by atoms with Crippen LogP contribution in [0.1, 0.15) is 5.56 Å². The van der Waals surface area contributed by atoms with Crippen LogP contribution in [-0.4, -0.2) is 25.9 Å². The number of rotatable bonds is 8. The van der Waals surface area contributed by atoms with Crippen LogP contribution in [0.3, 0.4) is 0 Å². The Hall–Kier alpha value is -4.34. The first-order valence-corrected chi connectivity index (χ1v) is 16.7. The Balaban J connectivity index is 0.00000433. The van der Waals surface area contributed by atoms with Crippen molar-refractivity contribution in [2.45, 2.75) is 16.7 Å². The molecule has 0 fully saturated rings. The second-order valence-electron chi connectivity index (χ2n) is 10.3. The Morgan fingerprint density at radius 2 is 1.13 bits per heavy atom. The van der Waals surface area contributed by atoms with Crippen molar-refractivity contribution in [2.24, 2.45) is 20.5 Å². The summed E-state index contributed by atoms with van der Waals surface area (Å²) in [5.41, 5.74) is 3.87. The molecule has 11 nitrogen and oxygen atoms in total. The molecule has 0 aliphatic heterocycles. The molecule has 0 spiro atoms. The van der Waals surface area contributed by atoms with Crippen molar-refractivity contribution in [1.82, 2.24) is 0 Å². The van der Waals surface area contributed by atoms with E-state index in [-0.39, 0.29) is 50.4 Å². The standard InChI is InChI=1S/C33H25N5O6S2.Na/c1-21-12-14-22(15-13-21)34-31-19-18-30(27-10-5-11-32(33(27)31)46(42,43)44)38-37-29-17-16-28(25-8-2-3-9-26(25)29)36-35-23-6-4-7-24(20-23)45(39,40)41;/h2-20,34H,1H3,(H,39,40,41)(H,42,43,44);/q;+1. The molecule has 6 aromatic rings. The molecule has 0 atom stereocenters. The smallest absolute Gasteiger partial charge is 0.355 e. The van der Waals surface area contributed by atoms with Crippen molar-refractivity contribution in [3.63, 3.8) is 0 Å². The van der Waals surface area contributed by atoms with E-state index in [2.05, 4.69) is 25.8 Å². The number of nitrogens with zero attached hydrogens (tertiary/aromatic N) is 4. The molecule has 3 N–H and O–H groups in total. The molecule has 0 aromatic heterocycles. The van der Waals surface area contributed by atoms with Crippen molar-refractivity contribution < 1.29 is 55.5 Å². The van der Waals surface area contributed by atoms with Crippen molar-refractivity contribution in [3.8, 4) is 0 Å². The second kappa shape index (κ2) is 13.8. The summed E-state index contributed by atoms with van der Waals surface area (Å²) in [7, 11) is -8.97. The number of nitrogens with one attached hydrogen (secondary N) is 1. The zero-order valence-corrected chi connectivity index (χ0v) is 28.7. The maximum atomic E-state index is 12.4. The van der Waals surface area contributed by atoms with Crippen LogP contribution in [0.4, 0.5) is 34.1 Å². The average Bonchev–Trinajstić information content (AvgIpc) is 3.03. The number of azo groups is 2. The SMILES string of the molecule is Cc1ccc(Nc2ccc(N=Nc3ccc(N=Nc4cccc(S(=O)(=O)O)c4)c4ccccc34)c3cccc(S(=O)(=O)O)c23)cc1.[Na+]. The molecule has 0 saturated carbocycles. The zero-order valence-electron chi connectivity index (χ0n) is 25.1. The van der Waals surface area contributed by atoms with Gasteiger partial charge in [0, 0.05) is 32.9 Å². The van der Waals surface area contributed by atoms with Gasteiger partial charge in [0.05, 0.1) is 27.6 Å². The predicted molar refractivity (Wildman–Crippen MR) is 177 cm³/mol. The zero-order chi connectivity index (χ0) is 32.5.